The van der Waals surface area contributed by atoms with Gasteiger partial charge in [0.2, 0.25) is 0 Å². The van der Waals surface area contributed by atoms with E-state index >= 15 is 0 Å². The highest BCUT2D eigenvalue weighted by molar-refractivity contribution is 5.87. The summed E-state index contributed by atoms with van der Waals surface area (Å²) in [6.07, 6.45) is 0. The molecule has 2 heteroatoms. The van der Waals surface area contributed by atoms with Crippen molar-refractivity contribution in [2.24, 2.45) is 0 Å². The summed E-state index contributed by atoms with van der Waals surface area (Å²) in [7, 11) is 0. The van der Waals surface area contributed by atoms with Gasteiger partial charge < -0.3 is 4.98 Å². The molecule has 1 N–H and O–H groups in total. The van der Waals surface area contributed by atoms with Crippen molar-refractivity contribution in [2.45, 2.75) is 20.8 Å². The molecule has 4 aromatic rings. The summed E-state index contributed by atoms with van der Waals surface area (Å²) in [6, 6.07) is 21.3. The van der Waals surface area contributed by atoms with E-state index in [2.05, 4.69) is 86.4 Å². The molecule has 0 aliphatic rings. The Labute approximate surface area is 142 Å². The van der Waals surface area contributed by atoms with Crippen LogP contribution in [0.5, 0.6) is 0 Å². The lowest BCUT2D eigenvalue weighted by molar-refractivity contribution is 1.31. The summed E-state index contributed by atoms with van der Waals surface area (Å²) in [4.78, 5) is 8.32. The van der Waals surface area contributed by atoms with Gasteiger partial charge in [-0.15, -0.1) is 0 Å². The summed E-state index contributed by atoms with van der Waals surface area (Å²) in [6.45, 7) is 6.43. The Hall–Kier alpha value is -2.87. The molecule has 0 saturated heterocycles. The van der Waals surface area contributed by atoms with E-state index in [-0.39, 0.29) is 0 Å². The van der Waals surface area contributed by atoms with Gasteiger partial charge in [0.1, 0.15) is 5.82 Å². The van der Waals surface area contributed by atoms with Crippen LogP contribution >= 0.6 is 0 Å². The molecule has 0 amide bonds. The maximum atomic E-state index is 4.85. The van der Waals surface area contributed by atoms with E-state index in [4.69, 9.17) is 4.98 Å². The van der Waals surface area contributed by atoms with Gasteiger partial charge in [-0.05, 0) is 60.7 Å². The van der Waals surface area contributed by atoms with Crippen LogP contribution in [0.4, 0.5) is 0 Å². The summed E-state index contributed by atoms with van der Waals surface area (Å²) in [5, 5.41) is 0. The average molecular weight is 312 g/mol. The van der Waals surface area contributed by atoms with Gasteiger partial charge in [-0.3, -0.25) is 0 Å². The fourth-order valence-corrected chi connectivity index (χ4v) is 3.30. The van der Waals surface area contributed by atoms with E-state index in [9.17, 15) is 0 Å². The second kappa shape index (κ2) is 5.64. The van der Waals surface area contributed by atoms with Crippen LogP contribution in [-0.4, -0.2) is 9.97 Å². The molecule has 0 saturated carbocycles. The van der Waals surface area contributed by atoms with Crippen molar-refractivity contribution in [2.75, 3.05) is 0 Å². The van der Waals surface area contributed by atoms with Gasteiger partial charge in [0.15, 0.2) is 0 Å². The van der Waals surface area contributed by atoms with Gasteiger partial charge in [-0.2, -0.15) is 0 Å². The SMILES string of the molecule is Cc1ccccc1-c1nc2cc(-c3ccccc3C)c(C)cc2[nH]1. The third-order valence-electron chi connectivity index (χ3n) is 4.66. The zero-order chi connectivity index (χ0) is 16.7. The smallest absolute Gasteiger partial charge is 0.138 e. The molecule has 24 heavy (non-hydrogen) atoms. The van der Waals surface area contributed by atoms with Crippen molar-refractivity contribution in [1.29, 1.82) is 0 Å². The Morgan fingerprint density at radius 1 is 0.667 bits per heavy atom. The van der Waals surface area contributed by atoms with Gasteiger partial charge in [0.25, 0.3) is 0 Å². The number of aromatic nitrogens is 2. The predicted molar refractivity (Wildman–Crippen MR) is 101 cm³/mol. The molecule has 3 aromatic carbocycles. The number of aryl methyl sites for hydroxylation is 3. The maximum Gasteiger partial charge on any atom is 0.138 e. The Kier molecular flexibility index (Phi) is 3.46. The summed E-state index contributed by atoms with van der Waals surface area (Å²) >= 11 is 0. The minimum atomic E-state index is 0.935. The van der Waals surface area contributed by atoms with E-state index in [0.717, 1.165) is 22.4 Å². The molecule has 0 spiro atoms. The monoisotopic (exact) mass is 312 g/mol. The highest BCUT2D eigenvalue weighted by atomic mass is 14.9. The zero-order valence-corrected chi connectivity index (χ0v) is 14.2. The van der Waals surface area contributed by atoms with E-state index in [1.54, 1.807) is 0 Å². The predicted octanol–water partition coefficient (Wildman–Crippen LogP) is 5.82. The molecule has 1 aromatic heterocycles. The van der Waals surface area contributed by atoms with Crippen molar-refractivity contribution in [3.63, 3.8) is 0 Å². The molecule has 0 aliphatic carbocycles. The maximum absolute atomic E-state index is 4.85. The quantitative estimate of drug-likeness (QED) is 0.496. The van der Waals surface area contributed by atoms with E-state index < -0.39 is 0 Å². The Bertz CT molecular complexity index is 1040. The number of rotatable bonds is 2. The number of hydrogen-bond donors (Lipinski definition) is 1. The van der Waals surface area contributed by atoms with Gasteiger partial charge in [0.05, 0.1) is 11.0 Å². The first-order chi connectivity index (χ1) is 11.6. The molecule has 0 fully saturated rings. The molecule has 4 rings (SSSR count). The fourth-order valence-electron chi connectivity index (χ4n) is 3.30. The normalized spacial score (nSPS) is 11.1. The van der Waals surface area contributed by atoms with Crippen molar-refractivity contribution in [3.8, 4) is 22.5 Å². The standard InChI is InChI=1S/C22H20N2/c1-14-8-4-6-10-17(14)19-13-21-20(12-16(19)3)23-22(24-21)18-11-7-5-9-15(18)2/h4-13H,1-3H3,(H,23,24). The number of benzene rings is 3. The molecular weight excluding hydrogens is 292 g/mol. The lowest BCUT2D eigenvalue weighted by Gasteiger charge is -2.09. The van der Waals surface area contributed by atoms with Crippen LogP contribution in [0.3, 0.4) is 0 Å². The van der Waals surface area contributed by atoms with Crippen LogP contribution in [0.15, 0.2) is 60.7 Å². The van der Waals surface area contributed by atoms with E-state index in [0.29, 0.717) is 0 Å². The lowest BCUT2D eigenvalue weighted by atomic mass is 9.96. The Balaban J connectivity index is 1.90. The van der Waals surface area contributed by atoms with Crippen molar-refractivity contribution in [1.82, 2.24) is 9.97 Å². The minimum Gasteiger partial charge on any atom is -0.338 e. The van der Waals surface area contributed by atoms with Gasteiger partial charge >= 0.3 is 0 Å². The molecular formula is C22H20N2. The Morgan fingerprint density at radius 3 is 1.96 bits per heavy atom. The average Bonchev–Trinajstić information content (AvgIpc) is 2.97. The first kappa shape index (κ1) is 14.7. The van der Waals surface area contributed by atoms with Crippen LogP contribution in [-0.2, 0) is 0 Å². The fraction of sp³-hybridized carbons (Fsp3) is 0.136. The largest absolute Gasteiger partial charge is 0.338 e. The highest BCUT2D eigenvalue weighted by Crippen LogP contribution is 2.31. The number of fused-ring (bicyclic) bond motifs is 1. The number of nitrogens with one attached hydrogen (secondary N) is 1. The third kappa shape index (κ3) is 2.41. The van der Waals surface area contributed by atoms with Crippen LogP contribution in [0.1, 0.15) is 16.7 Å². The molecule has 1 heterocycles. The van der Waals surface area contributed by atoms with Gasteiger partial charge in [-0.25, -0.2) is 4.98 Å². The van der Waals surface area contributed by atoms with E-state index in [1.165, 1.54) is 27.8 Å². The molecule has 0 bridgehead atoms. The van der Waals surface area contributed by atoms with Gasteiger partial charge in [-0.1, -0.05) is 48.5 Å². The van der Waals surface area contributed by atoms with Crippen LogP contribution in [0.2, 0.25) is 0 Å². The van der Waals surface area contributed by atoms with Gasteiger partial charge in [0, 0.05) is 5.56 Å². The van der Waals surface area contributed by atoms with Crippen molar-refractivity contribution < 1.29 is 0 Å². The second-order valence-corrected chi connectivity index (χ2v) is 6.40. The Morgan fingerprint density at radius 2 is 1.29 bits per heavy atom. The van der Waals surface area contributed by atoms with Crippen molar-refractivity contribution in [3.05, 3.63) is 77.4 Å². The van der Waals surface area contributed by atoms with Crippen molar-refractivity contribution >= 4 is 11.0 Å². The lowest BCUT2D eigenvalue weighted by Crippen LogP contribution is -1.87. The first-order valence-corrected chi connectivity index (χ1v) is 8.26. The third-order valence-corrected chi connectivity index (χ3v) is 4.66. The molecule has 118 valence electrons. The first-order valence-electron chi connectivity index (χ1n) is 8.26. The molecule has 0 unspecified atom stereocenters. The topological polar surface area (TPSA) is 28.7 Å². The molecule has 2 nitrogen and oxygen atoms in total. The number of hydrogen-bond acceptors (Lipinski definition) is 1. The minimum absolute atomic E-state index is 0.935. The molecule has 0 radical (unpaired) electrons. The second-order valence-electron chi connectivity index (χ2n) is 6.40. The number of nitrogens with zero attached hydrogens (tertiary/aromatic N) is 1. The summed E-state index contributed by atoms with van der Waals surface area (Å²) in [5.41, 5.74) is 9.56. The summed E-state index contributed by atoms with van der Waals surface area (Å²) < 4.78 is 0. The number of imidazole rings is 1. The van der Waals surface area contributed by atoms with Crippen LogP contribution < -0.4 is 0 Å². The summed E-state index contributed by atoms with van der Waals surface area (Å²) in [5.74, 6) is 0.935. The highest BCUT2D eigenvalue weighted by Gasteiger charge is 2.11. The number of H-pyrrole nitrogens is 1. The van der Waals surface area contributed by atoms with E-state index in [1.807, 2.05) is 0 Å². The van der Waals surface area contributed by atoms with Crippen LogP contribution in [0, 0.1) is 20.8 Å². The number of aromatic amines is 1. The molecule has 0 atom stereocenters. The zero-order valence-electron chi connectivity index (χ0n) is 14.2. The van der Waals surface area contributed by atoms with Crippen LogP contribution in [0.25, 0.3) is 33.5 Å². The molecule has 0 aliphatic heterocycles.